The van der Waals surface area contributed by atoms with Gasteiger partial charge in [0.05, 0.1) is 6.04 Å². The molecule has 0 spiro atoms. The van der Waals surface area contributed by atoms with Crippen molar-refractivity contribution in [2.75, 3.05) is 51.7 Å². The van der Waals surface area contributed by atoms with Crippen molar-refractivity contribution in [3.05, 3.63) is 65.2 Å². The van der Waals surface area contributed by atoms with Gasteiger partial charge < -0.3 is 20.0 Å². The summed E-state index contributed by atoms with van der Waals surface area (Å²) in [6, 6.07) is 18.3. The highest BCUT2D eigenvalue weighted by molar-refractivity contribution is 6.30. The third kappa shape index (κ3) is 5.15. The lowest BCUT2D eigenvalue weighted by atomic mass is 10.1. The van der Waals surface area contributed by atoms with Crippen LogP contribution in [0.25, 0.3) is 0 Å². The van der Waals surface area contributed by atoms with Gasteiger partial charge in [0.15, 0.2) is 0 Å². The van der Waals surface area contributed by atoms with E-state index in [1.165, 1.54) is 5.56 Å². The van der Waals surface area contributed by atoms with Crippen LogP contribution in [0.1, 0.15) is 11.6 Å². The third-order valence-electron chi connectivity index (χ3n) is 4.99. The molecule has 1 aliphatic heterocycles. The Morgan fingerprint density at radius 3 is 2.41 bits per heavy atom. The fourth-order valence-electron chi connectivity index (χ4n) is 3.41. The van der Waals surface area contributed by atoms with Gasteiger partial charge in [0.2, 0.25) is 0 Å². The molecule has 144 valence electrons. The Kier molecular flexibility index (Phi) is 6.58. The molecule has 0 radical (unpaired) electrons. The summed E-state index contributed by atoms with van der Waals surface area (Å²) in [5.74, 6) is 0. The predicted octanol–water partition coefficient (Wildman–Crippen LogP) is 3.47. The molecule has 0 bridgehead atoms. The normalized spacial score (nSPS) is 15.7. The molecule has 1 heterocycles. The minimum atomic E-state index is 0.00326. The van der Waals surface area contributed by atoms with E-state index in [0.29, 0.717) is 19.6 Å². The number of nitrogens with one attached hydrogen (secondary N) is 1. The molecule has 1 unspecified atom stereocenters. The van der Waals surface area contributed by atoms with Crippen LogP contribution < -0.4 is 10.2 Å². The van der Waals surface area contributed by atoms with Crippen molar-refractivity contribution in [1.29, 1.82) is 0 Å². The Hall–Kier alpha value is -2.24. The number of anilines is 1. The number of urea groups is 1. The zero-order valence-corrected chi connectivity index (χ0v) is 16.7. The van der Waals surface area contributed by atoms with E-state index in [1.807, 2.05) is 55.4 Å². The molecule has 6 heteroatoms. The standard InChI is InChI=1S/C21H27ClN4O/c1-24(2)20(17-7-4-3-5-8-17)16-23-21(27)26-13-11-25(12-14-26)19-10-6-9-18(22)15-19/h3-10,15,20H,11-14,16H2,1-2H3,(H,23,27). The first-order valence-electron chi connectivity index (χ1n) is 9.29. The monoisotopic (exact) mass is 386 g/mol. The molecule has 5 nitrogen and oxygen atoms in total. The number of benzene rings is 2. The van der Waals surface area contributed by atoms with E-state index in [0.717, 1.165) is 23.8 Å². The zero-order chi connectivity index (χ0) is 19.2. The molecule has 2 aromatic carbocycles. The van der Waals surface area contributed by atoms with Crippen molar-refractivity contribution >= 4 is 23.3 Å². The summed E-state index contributed by atoms with van der Waals surface area (Å²) < 4.78 is 0. The highest BCUT2D eigenvalue weighted by atomic mass is 35.5. The average Bonchev–Trinajstić information content (AvgIpc) is 2.69. The van der Waals surface area contributed by atoms with E-state index in [4.69, 9.17) is 11.6 Å². The molecular formula is C21H27ClN4O. The topological polar surface area (TPSA) is 38.8 Å². The van der Waals surface area contributed by atoms with Crippen molar-refractivity contribution in [2.24, 2.45) is 0 Å². The molecule has 0 aliphatic carbocycles. The maximum Gasteiger partial charge on any atom is 0.317 e. The molecular weight excluding hydrogens is 360 g/mol. The molecule has 3 rings (SSSR count). The van der Waals surface area contributed by atoms with Crippen LogP contribution in [-0.2, 0) is 0 Å². The van der Waals surface area contributed by atoms with E-state index < -0.39 is 0 Å². The number of amides is 2. The molecule has 1 saturated heterocycles. The molecule has 1 N–H and O–H groups in total. The van der Waals surface area contributed by atoms with Crippen molar-refractivity contribution in [2.45, 2.75) is 6.04 Å². The lowest BCUT2D eigenvalue weighted by Crippen LogP contribution is -2.52. The summed E-state index contributed by atoms with van der Waals surface area (Å²) in [4.78, 5) is 18.9. The Morgan fingerprint density at radius 2 is 1.78 bits per heavy atom. The minimum Gasteiger partial charge on any atom is -0.368 e. The molecule has 1 fully saturated rings. The van der Waals surface area contributed by atoms with Gasteiger partial charge in [-0.05, 0) is 37.9 Å². The van der Waals surface area contributed by atoms with Crippen LogP contribution in [0.2, 0.25) is 5.02 Å². The van der Waals surface area contributed by atoms with Crippen molar-refractivity contribution < 1.29 is 4.79 Å². The van der Waals surface area contributed by atoms with E-state index in [9.17, 15) is 4.79 Å². The summed E-state index contributed by atoms with van der Waals surface area (Å²) in [5.41, 5.74) is 2.31. The summed E-state index contributed by atoms with van der Waals surface area (Å²) in [5, 5.41) is 3.84. The number of halogens is 1. The van der Waals surface area contributed by atoms with Gasteiger partial charge in [-0.2, -0.15) is 0 Å². The van der Waals surface area contributed by atoms with Crippen LogP contribution in [0, 0.1) is 0 Å². The molecule has 2 amide bonds. The number of hydrogen-bond donors (Lipinski definition) is 1. The Labute approximate surface area is 166 Å². The molecule has 0 aromatic heterocycles. The lowest BCUT2D eigenvalue weighted by molar-refractivity contribution is 0.189. The highest BCUT2D eigenvalue weighted by Crippen LogP contribution is 2.21. The number of piperazine rings is 1. The predicted molar refractivity (Wildman–Crippen MR) is 112 cm³/mol. The van der Waals surface area contributed by atoms with E-state index in [-0.39, 0.29) is 12.1 Å². The number of carbonyl (C=O) groups excluding carboxylic acids is 1. The zero-order valence-electron chi connectivity index (χ0n) is 15.9. The minimum absolute atomic E-state index is 0.00326. The summed E-state index contributed by atoms with van der Waals surface area (Å²) >= 11 is 6.08. The number of likely N-dealkylation sites (N-methyl/N-ethyl adjacent to an activating group) is 1. The van der Waals surface area contributed by atoms with Gasteiger partial charge in [0.25, 0.3) is 0 Å². The smallest absolute Gasteiger partial charge is 0.317 e. The first-order valence-corrected chi connectivity index (χ1v) is 9.67. The van der Waals surface area contributed by atoms with Gasteiger partial charge in [-0.15, -0.1) is 0 Å². The molecule has 27 heavy (non-hydrogen) atoms. The average molecular weight is 387 g/mol. The van der Waals surface area contributed by atoms with Gasteiger partial charge in [-0.3, -0.25) is 0 Å². The second-order valence-corrected chi connectivity index (χ2v) is 7.47. The number of carbonyl (C=O) groups is 1. The molecule has 2 aromatic rings. The van der Waals surface area contributed by atoms with Crippen LogP contribution in [0.3, 0.4) is 0 Å². The first-order chi connectivity index (χ1) is 13.0. The van der Waals surface area contributed by atoms with Crippen molar-refractivity contribution in [3.8, 4) is 0 Å². The fraction of sp³-hybridized carbons (Fsp3) is 0.381. The highest BCUT2D eigenvalue weighted by Gasteiger charge is 2.22. The summed E-state index contributed by atoms with van der Waals surface area (Å²) in [6.07, 6.45) is 0. The second kappa shape index (κ2) is 9.11. The second-order valence-electron chi connectivity index (χ2n) is 7.03. The SMILES string of the molecule is CN(C)C(CNC(=O)N1CCN(c2cccc(Cl)c2)CC1)c1ccccc1. The van der Waals surface area contributed by atoms with Gasteiger partial charge in [0, 0.05) is 43.4 Å². The Morgan fingerprint density at radius 1 is 1.07 bits per heavy atom. The third-order valence-corrected chi connectivity index (χ3v) is 5.23. The van der Waals surface area contributed by atoms with E-state index >= 15 is 0 Å². The molecule has 1 aliphatic rings. The van der Waals surface area contributed by atoms with E-state index in [1.54, 1.807) is 0 Å². The largest absolute Gasteiger partial charge is 0.368 e. The number of nitrogens with zero attached hydrogens (tertiary/aromatic N) is 3. The number of hydrogen-bond acceptors (Lipinski definition) is 3. The fourth-order valence-corrected chi connectivity index (χ4v) is 3.59. The van der Waals surface area contributed by atoms with E-state index in [2.05, 4.69) is 33.3 Å². The Bertz CT molecular complexity index is 745. The van der Waals surface area contributed by atoms with Gasteiger partial charge in [-0.25, -0.2) is 4.79 Å². The van der Waals surface area contributed by atoms with Crippen molar-refractivity contribution in [1.82, 2.24) is 15.1 Å². The van der Waals surface area contributed by atoms with Crippen LogP contribution in [0.4, 0.5) is 10.5 Å². The van der Waals surface area contributed by atoms with Crippen LogP contribution in [-0.4, -0.2) is 62.7 Å². The van der Waals surface area contributed by atoms with Gasteiger partial charge >= 0.3 is 6.03 Å². The quantitative estimate of drug-likeness (QED) is 0.855. The molecule has 1 atom stereocenters. The lowest BCUT2D eigenvalue weighted by Gasteiger charge is -2.36. The van der Waals surface area contributed by atoms with Gasteiger partial charge in [-0.1, -0.05) is 48.0 Å². The van der Waals surface area contributed by atoms with Crippen LogP contribution in [0.5, 0.6) is 0 Å². The maximum absolute atomic E-state index is 12.6. The summed E-state index contributed by atoms with van der Waals surface area (Å²) in [7, 11) is 4.07. The number of rotatable bonds is 5. The first kappa shape index (κ1) is 19.5. The Balaban J connectivity index is 1.52. The molecule has 0 saturated carbocycles. The van der Waals surface area contributed by atoms with Crippen LogP contribution in [0.15, 0.2) is 54.6 Å². The van der Waals surface area contributed by atoms with Crippen molar-refractivity contribution in [3.63, 3.8) is 0 Å². The maximum atomic E-state index is 12.6. The van der Waals surface area contributed by atoms with Gasteiger partial charge in [0.1, 0.15) is 0 Å². The summed E-state index contributed by atoms with van der Waals surface area (Å²) in [6.45, 7) is 3.62. The van der Waals surface area contributed by atoms with Crippen LogP contribution >= 0.6 is 11.6 Å².